The summed E-state index contributed by atoms with van der Waals surface area (Å²) in [5, 5.41) is 6.64. The first-order valence-corrected chi connectivity index (χ1v) is 8.17. The van der Waals surface area contributed by atoms with Gasteiger partial charge in [0, 0.05) is 18.2 Å². The number of para-hydroxylation sites is 1. The molecule has 0 aliphatic rings. The molecule has 0 unspecified atom stereocenters. The minimum absolute atomic E-state index is 0.0519. The van der Waals surface area contributed by atoms with Crippen molar-refractivity contribution in [3.63, 3.8) is 0 Å². The van der Waals surface area contributed by atoms with Gasteiger partial charge in [0.05, 0.1) is 6.61 Å². The van der Waals surface area contributed by atoms with Crippen LogP contribution in [0.25, 0.3) is 11.4 Å². The smallest absolute Gasteiger partial charge is 0.250 e. The number of anilines is 1. The van der Waals surface area contributed by atoms with Crippen molar-refractivity contribution in [1.29, 1.82) is 0 Å². The molecule has 0 saturated heterocycles. The van der Waals surface area contributed by atoms with Gasteiger partial charge in [-0.05, 0) is 24.3 Å². The second kappa shape index (κ2) is 8.77. The lowest BCUT2D eigenvalue weighted by Gasteiger charge is -2.08. The molecule has 1 amide bonds. The van der Waals surface area contributed by atoms with E-state index in [0.717, 1.165) is 11.3 Å². The number of hydrogen-bond acceptors (Lipinski definition) is 6. The quantitative estimate of drug-likeness (QED) is 0.626. The number of aromatic nitrogens is 2. The van der Waals surface area contributed by atoms with Crippen molar-refractivity contribution in [2.75, 3.05) is 25.1 Å². The van der Waals surface area contributed by atoms with Crippen LogP contribution in [0, 0.1) is 6.92 Å². The van der Waals surface area contributed by atoms with E-state index in [9.17, 15) is 4.79 Å². The minimum Gasteiger partial charge on any atom is -0.491 e. The van der Waals surface area contributed by atoms with Crippen LogP contribution in [0.4, 0.5) is 5.69 Å². The fourth-order valence-corrected chi connectivity index (χ4v) is 2.25. The summed E-state index contributed by atoms with van der Waals surface area (Å²) in [7, 11) is 0. The molecule has 0 spiro atoms. The highest BCUT2D eigenvalue weighted by Gasteiger charge is 2.08. The SMILES string of the molecule is Cc1nc(-c2cccc(NC(=O)COCCOc3ccccc3)c2)no1. The van der Waals surface area contributed by atoms with Crippen LogP contribution >= 0.6 is 0 Å². The molecule has 26 heavy (non-hydrogen) atoms. The fraction of sp³-hybridized carbons (Fsp3) is 0.211. The Morgan fingerprint density at radius 1 is 1.12 bits per heavy atom. The van der Waals surface area contributed by atoms with Crippen LogP contribution in [0.3, 0.4) is 0 Å². The summed E-state index contributed by atoms with van der Waals surface area (Å²) in [6.45, 7) is 2.37. The van der Waals surface area contributed by atoms with E-state index in [1.54, 1.807) is 19.1 Å². The van der Waals surface area contributed by atoms with Gasteiger partial charge in [-0.15, -0.1) is 0 Å². The summed E-state index contributed by atoms with van der Waals surface area (Å²) >= 11 is 0. The van der Waals surface area contributed by atoms with Crippen LogP contribution in [-0.2, 0) is 9.53 Å². The van der Waals surface area contributed by atoms with Crippen LogP contribution in [0.2, 0.25) is 0 Å². The van der Waals surface area contributed by atoms with Gasteiger partial charge in [0.1, 0.15) is 19.0 Å². The molecule has 0 saturated carbocycles. The van der Waals surface area contributed by atoms with Crippen molar-refractivity contribution < 1.29 is 18.8 Å². The van der Waals surface area contributed by atoms with Crippen LogP contribution in [0.1, 0.15) is 5.89 Å². The third-order valence-corrected chi connectivity index (χ3v) is 3.40. The van der Waals surface area contributed by atoms with Gasteiger partial charge in [0.2, 0.25) is 17.6 Å². The first-order valence-electron chi connectivity index (χ1n) is 8.17. The van der Waals surface area contributed by atoms with Crippen molar-refractivity contribution in [2.45, 2.75) is 6.92 Å². The van der Waals surface area contributed by atoms with Gasteiger partial charge >= 0.3 is 0 Å². The molecule has 1 heterocycles. The molecule has 1 aromatic heterocycles. The molecule has 2 aromatic carbocycles. The number of nitrogens with one attached hydrogen (secondary N) is 1. The lowest BCUT2D eigenvalue weighted by molar-refractivity contribution is -0.120. The Balaban J connectivity index is 1.42. The predicted octanol–water partition coefficient (Wildman–Crippen LogP) is 3.08. The van der Waals surface area contributed by atoms with Crippen molar-refractivity contribution >= 4 is 11.6 Å². The second-order valence-corrected chi connectivity index (χ2v) is 5.48. The lowest BCUT2D eigenvalue weighted by atomic mass is 10.2. The summed E-state index contributed by atoms with van der Waals surface area (Å²) in [5.74, 6) is 1.49. The van der Waals surface area contributed by atoms with Gasteiger partial charge in [-0.25, -0.2) is 0 Å². The van der Waals surface area contributed by atoms with E-state index in [0.29, 0.717) is 30.6 Å². The summed E-state index contributed by atoms with van der Waals surface area (Å²) < 4.78 is 15.8. The van der Waals surface area contributed by atoms with Crippen molar-refractivity contribution in [1.82, 2.24) is 10.1 Å². The van der Waals surface area contributed by atoms with Crippen LogP contribution < -0.4 is 10.1 Å². The van der Waals surface area contributed by atoms with Gasteiger partial charge in [-0.3, -0.25) is 4.79 Å². The van der Waals surface area contributed by atoms with Crippen LogP contribution in [0.15, 0.2) is 59.1 Å². The van der Waals surface area contributed by atoms with Crippen molar-refractivity contribution in [3.05, 3.63) is 60.5 Å². The number of hydrogen-bond donors (Lipinski definition) is 1. The molecule has 0 radical (unpaired) electrons. The first-order chi connectivity index (χ1) is 12.7. The van der Waals surface area contributed by atoms with Gasteiger partial charge in [0.15, 0.2) is 0 Å². The van der Waals surface area contributed by atoms with E-state index in [1.165, 1.54) is 0 Å². The maximum absolute atomic E-state index is 12.0. The Morgan fingerprint density at radius 2 is 1.96 bits per heavy atom. The number of rotatable bonds is 8. The zero-order valence-electron chi connectivity index (χ0n) is 14.3. The predicted molar refractivity (Wildman–Crippen MR) is 95.9 cm³/mol. The number of carbonyl (C=O) groups excluding carboxylic acids is 1. The third-order valence-electron chi connectivity index (χ3n) is 3.40. The number of amides is 1. The Morgan fingerprint density at radius 3 is 2.73 bits per heavy atom. The minimum atomic E-state index is -0.244. The van der Waals surface area contributed by atoms with Gasteiger partial charge in [-0.1, -0.05) is 35.5 Å². The normalized spacial score (nSPS) is 10.5. The molecule has 0 atom stereocenters. The largest absolute Gasteiger partial charge is 0.491 e. The van der Waals surface area contributed by atoms with E-state index >= 15 is 0 Å². The zero-order chi connectivity index (χ0) is 18.2. The molecule has 0 aliphatic heterocycles. The fourth-order valence-electron chi connectivity index (χ4n) is 2.25. The topological polar surface area (TPSA) is 86.5 Å². The molecule has 7 heteroatoms. The molecular formula is C19H19N3O4. The number of benzene rings is 2. The molecule has 1 N–H and O–H groups in total. The maximum Gasteiger partial charge on any atom is 0.250 e. The second-order valence-electron chi connectivity index (χ2n) is 5.48. The standard InChI is InChI=1S/C19H19N3O4/c1-14-20-19(22-26-14)15-6-5-7-16(12-15)21-18(23)13-24-10-11-25-17-8-3-2-4-9-17/h2-9,12H,10-11,13H2,1H3,(H,21,23). The monoisotopic (exact) mass is 353 g/mol. The molecule has 3 rings (SSSR count). The van der Waals surface area contributed by atoms with E-state index in [1.807, 2.05) is 42.5 Å². The van der Waals surface area contributed by atoms with Gasteiger partial charge in [-0.2, -0.15) is 4.98 Å². The zero-order valence-corrected chi connectivity index (χ0v) is 14.3. The van der Waals surface area contributed by atoms with Crippen LogP contribution in [-0.4, -0.2) is 35.9 Å². The average Bonchev–Trinajstić information content (AvgIpc) is 3.09. The highest BCUT2D eigenvalue weighted by atomic mass is 16.5. The first kappa shape index (κ1) is 17.6. The van der Waals surface area contributed by atoms with E-state index in [4.69, 9.17) is 14.0 Å². The average molecular weight is 353 g/mol. The van der Waals surface area contributed by atoms with Gasteiger partial charge in [0.25, 0.3) is 0 Å². The van der Waals surface area contributed by atoms with E-state index in [2.05, 4.69) is 15.5 Å². The Labute approximate surface area is 150 Å². The van der Waals surface area contributed by atoms with E-state index < -0.39 is 0 Å². The van der Waals surface area contributed by atoms with Crippen molar-refractivity contribution in [3.8, 4) is 17.1 Å². The molecule has 134 valence electrons. The van der Waals surface area contributed by atoms with E-state index in [-0.39, 0.29) is 12.5 Å². The Bertz CT molecular complexity index is 849. The number of carbonyl (C=O) groups is 1. The highest BCUT2D eigenvalue weighted by Crippen LogP contribution is 2.19. The Hall–Kier alpha value is -3.19. The maximum atomic E-state index is 12.0. The van der Waals surface area contributed by atoms with Crippen molar-refractivity contribution in [2.24, 2.45) is 0 Å². The summed E-state index contributed by atoms with van der Waals surface area (Å²) in [5.41, 5.74) is 1.40. The highest BCUT2D eigenvalue weighted by molar-refractivity contribution is 5.92. The number of aryl methyl sites for hydroxylation is 1. The molecule has 0 aliphatic carbocycles. The van der Waals surface area contributed by atoms with Gasteiger partial charge < -0.3 is 19.3 Å². The molecule has 0 bridgehead atoms. The summed E-state index contributed by atoms with van der Waals surface area (Å²) in [6, 6.07) is 16.7. The number of ether oxygens (including phenoxy) is 2. The lowest BCUT2D eigenvalue weighted by Crippen LogP contribution is -2.20. The number of nitrogens with zero attached hydrogens (tertiary/aromatic N) is 2. The molecule has 0 fully saturated rings. The van der Waals surface area contributed by atoms with Crippen LogP contribution in [0.5, 0.6) is 5.75 Å². The molecule has 3 aromatic rings. The summed E-state index contributed by atoms with van der Waals surface area (Å²) in [6.07, 6.45) is 0. The Kier molecular flexibility index (Phi) is 5.95. The third kappa shape index (κ3) is 5.15. The molecule has 7 nitrogen and oxygen atoms in total. The summed E-state index contributed by atoms with van der Waals surface area (Å²) in [4.78, 5) is 16.1. The molecular weight excluding hydrogens is 334 g/mol.